The van der Waals surface area contributed by atoms with Gasteiger partial charge in [-0.25, -0.2) is 0 Å². The van der Waals surface area contributed by atoms with Gasteiger partial charge in [-0.15, -0.1) is 11.8 Å². The van der Waals surface area contributed by atoms with Gasteiger partial charge in [0.05, 0.1) is 0 Å². The van der Waals surface area contributed by atoms with Gasteiger partial charge in [0.1, 0.15) is 0 Å². The minimum absolute atomic E-state index is 0.603. The van der Waals surface area contributed by atoms with Gasteiger partial charge in [0, 0.05) is 12.1 Å². The smallest absolute Gasteiger partial charge is 0.0435 e. The first kappa shape index (κ1) is 6.72. The van der Waals surface area contributed by atoms with Gasteiger partial charge in [0.25, 0.3) is 0 Å². The van der Waals surface area contributed by atoms with Crippen molar-refractivity contribution in [1.29, 1.82) is 0 Å². The summed E-state index contributed by atoms with van der Waals surface area (Å²) >= 11 is 1.50. The quantitative estimate of drug-likeness (QED) is 0.437. The minimum atomic E-state index is 0.603. The Kier molecular flexibility index (Phi) is 5.49. The van der Waals surface area contributed by atoms with Gasteiger partial charge in [-0.2, -0.15) is 0 Å². The van der Waals surface area contributed by atoms with Gasteiger partial charge in [-0.3, -0.25) is 4.99 Å². The number of hydrogen-bond donors (Lipinski definition) is 1. The van der Waals surface area contributed by atoms with Crippen LogP contribution in [-0.4, -0.2) is 12.6 Å². The van der Waals surface area contributed by atoms with Gasteiger partial charge in [0.15, 0.2) is 0 Å². The van der Waals surface area contributed by atoms with E-state index in [1.165, 1.54) is 11.8 Å². The molecule has 2 N–H and O–H groups in total. The topological polar surface area (TPSA) is 38.4 Å². The Labute approximate surface area is 47.5 Å². The van der Waals surface area contributed by atoms with Crippen molar-refractivity contribution in [3.05, 3.63) is 11.6 Å². The predicted octanol–water partition coefficient (Wildman–Crippen LogP) is 0.808. The largest absolute Gasteiger partial charge is 0.322 e. The fraction of sp³-hybridized carbons (Fsp3) is 0.250. The Balaban J connectivity index is 2.92. The zero-order valence-electron chi connectivity index (χ0n) is 4.00. The first-order valence-electron chi connectivity index (χ1n) is 1.84. The van der Waals surface area contributed by atoms with E-state index >= 15 is 0 Å². The highest BCUT2D eigenvalue weighted by atomic mass is 32.2. The van der Waals surface area contributed by atoms with Crippen molar-refractivity contribution in [2.45, 2.75) is 0 Å². The Morgan fingerprint density at radius 1 is 1.86 bits per heavy atom. The third kappa shape index (κ3) is 5.72. The van der Waals surface area contributed by atoms with E-state index in [9.17, 15) is 0 Å². The monoisotopic (exact) mass is 116 g/mol. The zero-order valence-corrected chi connectivity index (χ0v) is 4.82. The highest BCUT2D eigenvalue weighted by molar-refractivity contribution is 8.02. The fourth-order valence-corrected chi connectivity index (χ4v) is 0.425. The molecule has 0 fully saturated rings. The van der Waals surface area contributed by atoms with Crippen LogP contribution in [0.3, 0.4) is 0 Å². The Hall–Kier alpha value is -0.280. The molecule has 0 aliphatic rings. The second-order valence-electron chi connectivity index (χ2n) is 0.801. The molecule has 0 unspecified atom stereocenters. The van der Waals surface area contributed by atoms with Crippen molar-refractivity contribution in [3.63, 3.8) is 0 Å². The van der Waals surface area contributed by atoms with E-state index in [0.29, 0.717) is 5.88 Å². The number of aliphatic imine (C=N–C) groups is 1. The first-order valence-corrected chi connectivity index (χ1v) is 2.89. The maximum Gasteiger partial charge on any atom is 0.0435 e. The van der Waals surface area contributed by atoms with E-state index in [1.807, 2.05) is 0 Å². The SMILES string of the molecule is C=N/C=C\SCN. The molecule has 7 heavy (non-hydrogen) atoms. The molecule has 2 nitrogen and oxygen atoms in total. The van der Waals surface area contributed by atoms with E-state index in [0.717, 1.165) is 0 Å². The average Bonchev–Trinajstić information content (AvgIpc) is 1.69. The number of nitrogens with two attached hydrogens (primary N) is 1. The molecule has 0 amide bonds. The molecule has 0 saturated carbocycles. The fourth-order valence-electron chi connectivity index (χ4n) is 0.142. The predicted molar refractivity (Wildman–Crippen MR) is 35.3 cm³/mol. The van der Waals surface area contributed by atoms with Crippen molar-refractivity contribution < 1.29 is 0 Å². The molecule has 0 aromatic heterocycles. The summed E-state index contributed by atoms with van der Waals surface area (Å²) < 4.78 is 0. The number of nitrogens with zero attached hydrogens (tertiary/aromatic N) is 1. The highest BCUT2D eigenvalue weighted by Gasteiger charge is 1.65. The summed E-state index contributed by atoms with van der Waals surface area (Å²) in [5.74, 6) is 0.603. The molecule has 40 valence electrons. The van der Waals surface area contributed by atoms with Gasteiger partial charge < -0.3 is 5.73 Å². The molecule has 3 heteroatoms. The molecule has 0 atom stereocenters. The average molecular weight is 116 g/mol. The molecule has 0 aliphatic carbocycles. The molecule has 0 aliphatic heterocycles. The van der Waals surface area contributed by atoms with Crippen LogP contribution in [0.2, 0.25) is 0 Å². The summed E-state index contributed by atoms with van der Waals surface area (Å²) in [4.78, 5) is 3.47. The normalized spacial score (nSPS) is 9.86. The highest BCUT2D eigenvalue weighted by Crippen LogP contribution is 1.95. The summed E-state index contributed by atoms with van der Waals surface area (Å²) in [6, 6.07) is 0. The zero-order chi connectivity index (χ0) is 5.54. The van der Waals surface area contributed by atoms with Crippen LogP contribution in [0.25, 0.3) is 0 Å². The number of hydrogen-bond acceptors (Lipinski definition) is 3. The van der Waals surface area contributed by atoms with Crippen molar-refractivity contribution in [1.82, 2.24) is 0 Å². The van der Waals surface area contributed by atoms with E-state index < -0.39 is 0 Å². The van der Waals surface area contributed by atoms with Crippen LogP contribution in [0.1, 0.15) is 0 Å². The van der Waals surface area contributed by atoms with E-state index in [1.54, 1.807) is 11.6 Å². The van der Waals surface area contributed by atoms with Crippen molar-refractivity contribution in [3.8, 4) is 0 Å². The van der Waals surface area contributed by atoms with Crippen LogP contribution in [0.5, 0.6) is 0 Å². The van der Waals surface area contributed by atoms with Crippen LogP contribution < -0.4 is 5.73 Å². The molecule has 0 saturated heterocycles. The van der Waals surface area contributed by atoms with Crippen molar-refractivity contribution in [2.24, 2.45) is 10.7 Å². The molecule has 0 heterocycles. The lowest BCUT2D eigenvalue weighted by molar-refractivity contribution is 1.41. The van der Waals surface area contributed by atoms with E-state index in [-0.39, 0.29) is 0 Å². The van der Waals surface area contributed by atoms with Gasteiger partial charge in [0.2, 0.25) is 0 Å². The third-order valence-corrected chi connectivity index (χ3v) is 0.865. The lowest BCUT2D eigenvalue weighted by Gasteiger charge is -1.78. The number of thioether (sulfide) groups is 1. The number of rotatable bonds is 3. The maximum atomic E-state index is 5.12. The van der Waals surface area contributed by atoms with Crippen molar-refractivity contribution >= 4 is 18.5 Å². The lowest BCUT2D eigenvalue weighted by atomic mass is 11.1. The molecular weight excluding hydrogens is 108 g/mol. The summed E-state index contributed by atoms with van der Waals surface area (Å²) in [6.45, 7) is 3.24. The van der Waals surface area contributed by atoms with Crippen LogP contribution in [-0.2, 0) is 0 Å². The molecule has 0 aromatic rings. The Bertz CT molecular complexity index is 70.1. The van der Waals surface area contributed by atoms with Crippen LogP contribution >= 0.6 is 11.8 Å². The van der Waals surface area contributed by atoms with E-state index in [4.69, 9.17) is 5.73 Å². The standard InChI is InChI=1S/C4H8N2S/c1-6-2-3-7-4-5/h2-3H,1,4-5H2/b3-2-. The van der Waals surface area contributed by atoms with Crippen LogP contribution in [0.15, 0.2) is 16.6 Å². The second kappa shape index (κ2) is 5.72. The Morgan fingerprint density at radius 2 is 2.57 bits per heavy atom. The first-order chi connectivity index (χ1) is 3.41. The summed E-state index contributed by atoms with van der Waals surface area (Å²) in [5, 5.41) is 1.80. The van der Waals surface area contributed by atoms with Crippen LogP contribution in [0, 0.1) is 0 Å². The molecule has 0 bridgehead atoms. The maximum absolute atomic E-state index is 5.12. The lowest BCUT2D eigenvalue weighted by Crippen LogP contribution is -1.88. The van der Waals surface area contributed by atoms with Gasteiger partial charge in [-0.1, -0.05) is 0 Å². The molecule has 0 radical (unpaired) electrons. The third-order valence-electron chi connectivity index (χ3n) is 0.359. The molecule has 0 spiro atoms. The summed E-state index contributed by atoms with van der Waals surface area (Å²) in [6.07, 6.45) is 1.61. The summed E-state index contributed by atoms with van der Waals surface area (Å²) in [5.41, 5.74) is 5.12. The Morgan fingerprint density at radius 3 is 3.00 bits per heavy atom. The van der Waals surface area contributed by atoms with E-state index in [2.05, 4.69) is 11.7 Å². The molecule has 0 rings (SSSR count). The molecular formula is C4H8N2S. The van der Waals surface area contributed by atoms with Crippen LogP contribution in [0.4, 0.5) is 0 Å². The summed E-state index contributed by atoms with van der Waals surface area (Å²) in [7, 11) is 0. The van der Waals surface area contributed by atoms with Crippen molar-refractivity contribution in [2.75, 3.05) is 5.88 Å². The molecule has 0 aromatic carbocycles. The van der Waals surface area contributed by atoms with Gasteiger partial charge >= 0.3 is 0 Å². The second-order valence-corrected chi connectivity index (χ2v) is 1.74. The van der Waals surface area contributed by atoms with Gasteiger partial charge in [-0.05, 0) is 12.1 Å². The minimum Gasteiger partial charge on any atom is -0.322 e.